The van der Waals surface area contributed by atoms with Gasteiger partial charge in [-0.3, -0.25) is 0 Å². The van der Waals surface area contributed by atoms with Gasteiger partial charge in [-0.15, -0.1) is 5.10 Å². The number of nitrogens with one attached hydrogen (secondary N) is 1. The Kier molecular flexibility index (Phi) is 5.62. The summed E-state index contributed by atoms with van der Waals surface area (Å²) in [7, 11) is 0. The SMILES string of the molecule is CCCOc1ccc(-c2n[nH]nc2C(=O)OCC)cc1Cn1ccnc1. The van der Waals surface area contributed by atoms with Gasteiger partial charge in [-0.1, -0.05) is 6.92 Å². The van der Waals surface area contributed by atoms with Gasteiger partial charge in [-0.25, -0.2) is 9.78 Å². The van der Waals surface area contributed by atoms with Crippen LogP contribution in [-0.4, -0.2) is 44.1 Å². The van der Waals surface area contributed by atoms with Crippen LogP contribution < -0.4 is 4.74 Å². The maximum Gasteiger partial charge on any atom is 0.361 e. The summed E-state index contributed by atoms with van der Waals surface area (Å²) in [5.74, 6) is 0.296. The fourth-order valence-electron chi connectivity index (χ4n) is 2.55. The summed E-state index contributed by atoms with van der Waals surface area (Å²) in [4.78, 5) is 16.1. The van der Waals surface area contributed by atoms with Crippen LogP contribution in [0.3, 0.4) is 0 Å². The molecule has 0 unspecified atom stereocenters. The summed E-state index contributed by atoms with van der Waals surface area (Å²) >= 11 is 0. The van der Waals surface area contributed by atoms with Crippen molar-refractivity contribution >= 4 is 5.97 Å². The van der Waals surface area contributed by atoms with Gasteiger partial charge in [0.05, 0.1) is 26.1 Å². The van der Waals surface area contributed by atoms with Crippen molar-refractivity contribution in [3.63, 3.8) is 0 Å². The van der Waals surface area contributed by atoms with Crippen LogP contribution in [0.25, 0.3) is 11.3 Å². The minimum Gasteiger partial charge on any atom is -0.493 e. The quantitative estimate of drug-likeness (QED) is 0.624. The topological polar surface area (TPSA) is 94.9 Å². The van der Waals surface area contributed by atoms with Crippen LogP contribution in [-0.2, 0) is 11.3 Å². The molecule has 0 fully saturated rings. The van der Waals surface area contributed by atoms with Crippen LogP contribution in [0.5, 0.6) is 5.75 Å². The van der Waals surface area contributed by atoms with Gasteiger partial charge in [0.1, 0.15) is 11.4 Å². The molecule has 0 amide bonds. The van der Waals surface area contributed by atoms with E-state index in [-0.39, 0.29) is 12.3 Å². The number of hydrogen-bond acceptors (Lipinski definition) is 6. The molecule has 8 nitrogen and oxygen atoms in total. The number of benzene rings is 1. The smallest absolute Gasteiger partial charge is 0.361 e. The highest BCUT2D eigenvalue weighted by Crippen LogP contribution is 2.28. The third kappa shape index (κ3) is 3.90. The number of aromatic nitrogens is 5. The number of nitrogens with zero attached hydrogens (tertiary/aromatic N) is 4. The molecule has 0 bridgehead atoms. The Morgan fingerprint density at radius 3 is 2.88 bits per heavy atom. The van der Waals surface area contributed by atoms with Crippen molar-refractivity contribution in [1.82, 2.24) is 25.0 Å². The second kappa shape index (κ2) is 8.28. The molecule has 0 saturated heterocycles. The number of ether oxygens (including phenoxy) is 2. The van der Waals surface area contributed by atoms with Crippen LogP contribution in [0.1, 0.15) is 36.3 Å². The second-order valence-corrected chi connectivity index (χ2v) is 5.65. The molecule has 0 spiro atoms. The molecule has 136 valence electrons. The third-order valence-electron chi connectivity index (χ3n) is 3.72. The zero-order chi connectivity index (χ0) is 18.4. The van der Waals surface area contributed by atoms with Crippen molar-refractivity contribution in [2.24, 2.45) is 0 Å². The van der Waals surface area contributed by atoms with Crippen LogP contribution >= 0.6 is 0 Å². The average Bonchev–Trinajstić information content (AvgIpc) is 3.32. The molecule has 3 aromatic rings. The fourth-order valence-corrected chi connectivity index (χ4v) is 2.55. The molecule has 0 aliphatic heterocycles. The van der Waals surface area contributed by atoms with Gasteiger partial charge in [0.2, 0.25) is 0 Å². The number of imidazole rings is 1. The van der Waals surface area contributed by atoms with E-state index in [1.165, 1.54) is 0 Å². The van der Waals surface area contributed by atoms with E-state index in [0.29, 0.717) is 18.8 Å². The highest BCUT2D eigenvalue weighted by molar-refractivity contribution is 5.94. The summed E-state index contributed by atoms with van der Waals surface area (Å²) < 4.78 is 12.8. The predicted molar refractivity (Wildman–Crippen MR) is 94.9 cm³/mol. The highest BCUT2D eigenvalue weighted by Gasteiger charge is 2.20. The maximum atomic E-state index is 12.1. The number of hydrogen-bond donors (Lipinski definition) is 1. The van der Waals surface area contributed by atoms with Gasteiger partial charge in [0.15, 0.2) is 5.69 Å². The van der Waals surface area contributed by atoms with Gasteiger partial charge in [0, 0.05) is 23.5 Å². The van der Waals surface area contributed by atoms with Gasteiger partial charge in [0.25, 0.3) is 0 Å². The van der Waals surface area contributed by atoms with E-state index >= 15 is 0 Å². The first-order valence-electron chi connectivity index (χ1n) is 8.52. The lowest BCUT2D eigenvalue weighted by Gasteiger charge is -2.13. The van der Waals surface area contributed by atoms with E-state index in [1.54, 1.807) is 19.4 Å². The molecular formula is C18H21N5O3. The van der Waals surface area contributed by atoms with E-state index in [2.05, 4.69) is 27.3 Å². The Bertz CT molecular complexity index is 858. The van der Waals surface area contributed by atoms with Crippen LogP contribution in [0.15, 0.2) is 36.9 Å². The summed E-state index contributed by atoms with van der Waals surface area (Å²) in [5.41, 5.74) is 2.35. The number of aromatic amines is 1. The molecule has 0 aliphatic carbocycles. The number of carbonyl (C=O) groups excluding carboxylic acids is 1. The molecule has 0 radical (unpaired) electrons. The average molecular weight is 355 g/mol. The largest absolute Gasteiger partial charge is 0.493 e. The van der Waals surface area contributed by atoms with E-state index in [4.69, 9.17) is 9.47 Å². The van der Waals surface area contributed by atoms with Crippen LogP contribution in [0.2, 0.25) is 0 Å². The minimum absolute atomic E-state index is 0.169. The lowest BCUT2D eigenvalue weighted by atomic mass is 10.1. The molecule has 1 aromatic carbocycles. The predicted octanol–water partition coefficient (Wildman–Crippen LogP) is 2.68. The molecule has 2 aromatic heterocycles. The first kappa shape index (κ1) is 17.7. The second-order valence-electron chi connectivity index (χ2n) is 5.65. The molecule has 0 aliphatic rings. The lowest BCUT2D eigenvalue weighted by molar-refractivity contribution is 0.0520. The Morgan fingerprint density at radius 2 is 2.15 bits per heavy atom. The molecule has 8 heteroatoms. The summed E-state index contributed by atoms with van der Waals surface area (Å²) in [6.45, 7) is 5.32. The van der Waals surface area contributed by atoms with Crippen molar-refractivity contribution in [2.75, 3.05) is 13.2 Å². The zero-order valence-corrected chi connectivity index (χ0v) is 14.8. The van der Waals surface area contributed by atoms with Crippen molar-refractivity contribution in [2.45, 2.75) is 26.8 Å². The van der Waals surface area contributed by atoms with E-state index in [9.17, 15) is 4.79 Å². The van der Waals surface area contributed by atoms with Gasteiger partial charge in [-0.2, -0.15) is 10.3 Å². The molecule has 26 heavy (non-hydrogen) atoms. The molecular weight excluding hydrogens is 334 g/mol. The minimum atomic E-state index is -0.501. The summed E-state index contributed by atoms with van der Waals surface area (Å²) in [6, 6.07) is 5.70. The number of H-pyrrole nitrogens is 1. The molecule has 1 N–H and O–H groups in total. The lowest BCUT2D eigenvalue weighted by Crippen LogP contribution is -2.07. The Morgan fingerprint density at radius 1 is 1.27 bits per heavy atom. The van der Waals surface area contributed by atoms with Crippen LogP contribution in [0.4, 0.5) is 0 Å². The number of carbonyl (C=O) groups is 1. The molecule has 3 rings (SSSR count). The summed E-state index contributed by atoms with van der Waals surface area (Å²) in [6.07, 6.45) is 6.28. The fraction of sp³-hybridized carbons (Fsp3) is 0.333. The molecule has 0 atom stereocenters. The van der Waals surface area contributed by atoms with Crippen LogP contribution in [0, 0.1) is 0 Å². The normalized spacial score (nSPS) is 10.7. The first-order valence-corrected chi connectivity index (χ1v) is 8.52. The molecule has 2 heterocycles. The van der Waals surface area contributed by atoms with Crippen molar-refractivity contribution < 1.29 is 14.3 Å². The number of rotatable bonds is 8. The first-order chi connectivity index (χ1) is 12.7. The van der Waals surface area contributed by atoms with E-state index < -0.39 is 5.97 Å². The van der Waals surface area contributed by atoms with E-state index in [1.807, 2.05) is 29.0 Å². The van der Waals surface area contributed by atoms with E-state index in [0.717, 1.165) is 23.3 Å². The Hall–Kier alpha value is -3.16. The Balaban J connectivity index is 1.96. The van der Waals surface area contributed by atoms with Crippen molar-refractivity contribution in [3.05, 3.63) is 48.2 Å². The third-order valence-corrected chi connectivity index (χ3v) is 3.72. The van der Waals surface area contributed by atoms with Gasteiger partial charge >= 0.3 is 5.97 Å². The van der Waals surface area contributed by atoms with Crippen molar-refractivity contribution in [3.8, 4) is 17.0 Å². The zero-order valence-electron chi connectivity index (χ0n) is 14.8. The molecule has 0 saturated carbocycles. The van der Waals surface area contributed by atoms with Gasteiger partial charge < -0.3 is 14.0 Å². The summed E-state index contributed by atoms with van der Waals surface area (Å²) in [5, 5.41) is 10.6. The maximum absolute atomic E-state index is 12.1. The standard InChI is InChI=1S/C18H21N5O3/c1-3-9-26-15-6-5-13(10-14(15)11-23-8-7-19-12-23)16-17(21-22-20-16)18(24)25-4-2/h5-8,10,12H,3-4,9,11H2,1-2H3,(H,20,21,22). The van der Waals surface area contributed by atoms with Gasteiger partial charge in [-0.05, 0) is 31.5 Å². The number of esters is 1. The highest BCUT2D eigenvalue weighted by atomic mass is 16.5. The van der Waals surface area contributed by atoms with Crippen molar-refractivity contribution in [1.29, 1.82) is 0 Å². The Labute approximate surface area is 151 Å². The monoisotopic (exact) mass is 355 g/mol.